The normalized spacial score (nSPS) is 35.7. The highest BCUT2D eigenvalue weighted by atomic mass is 16.6. The third kappa shape index (κ3) is 5.78. The van der Waals surface area contributed by atoms with Crippen LogP contribution in [0.25, 0.3) is 0 Å². The van der Waals surface area contributed by atoms with Crippen LogP contribution < -0.4 is 0 Å². The minimum atomic E-state index is -0.725. The highest BCUT2D eigenvalue weighted by Crippen LogP contribution is 2.45. The first kappa shape index (κ1) is 24.0. The molecule has 2 N–H and O–H groups in total. The Bertz CT molecular complexity index is 724. The minimum Gasteiger partial charge on any atom is -0.462 e. The molecule has 0 aromatic heterocycles. The van der Waals surface area contributed by atoms with E-state index in [2.05, 4.69) is 32.1 Å². The molecular formula is C25H38O6. The zero-order valence-electron chi connectivity index (χ0n) is 19.3. The molecule has 3 aliphatic rings. The lowest BCUT2D eigenvalue weighted by Crippen LogP contribution is -2.43. The number of allylic oxidation sites excluding steroid dienone is 3. The molecule has 1 saturated heterocycles. The maximum atomic E-state index is 12.9. The Hall–Kier alpha value is -1.66. The number of hydrogen-bond acceptors (Lipinski definition) is 6. The van der Waals surface area contributed by atoms with E-state index in [4.69, 9.17) is 9.47 Å². The molecule has 2 aliphatic carbocycles. The third-order valence-electron chi connectivity index (χ3n) is 7.20. The van der Waals surface area contributed by atoms with Crippen LogP contribution in [-0.2, 0) is 19.1 Å². The van der Waals surface area contributed by atoms with Crippen LogP contribution in [0.5, 0.6) is 0 Å². The molecule has 0 amide bonds. The molecule has 1 heterocycles. The summed E-state index contributed by atoms with van der Waals surface area (Å²) >= 11 is 0. The van der Waals surface area contributed by atoms with Crippen molar-refractivity contribution in [3.8, 4) is 0 Å². The van der Waals surface area contributed by atoms with Gasteiger partial charge in [-0.15, -0.1) is 0 Å². The molecule has 7 atom stereocenters. The van der Waals surface area contributed by atoms with Gasteiger partial charge in [0.1, 0.15) is 12.2 Å². The SMILES string of the molecule is C[C@H]1C=C2C=C[C@H](C)[C@H](CC[C@@H]3C[C@@H](O)CC(=O)O3)[C@H]2[C@@H](OC(=O)C(C)(C)CCO)C1. The lowest BCUT2D eigenvalue weighted by Gasteiger charge is -2.44. The van der Waals surface area contributed by atoms with Crippen molar-refractivity contribution in [3.05, 3.63) is 23.8 Å². The first-order valence-corrected chi connectivity index (χ1v) is 11.7. The van der Waals surface area contributed by atoms with Crippen LogP contribution in [0.4, 0.5) is 0 Å². The van der Waals surface area contributed by atoms with Crippen molar-refractivity contribution in [1.29, 1.82) is 0 Å². The van der Waals surface area contributed by atoms with Crippen molar-refractivity contribution in [1.82, 2.24) is 0 Å². The van der Waals surface area contributed by atoms with Gasteiger partial charge in [-0.1, -0.05) is 32.1 Å². The predicted octanol–water partition coefficient (Wildman–Crippen LogP) is 3.56. The fraction of sp³-hybridized carbons (Fsp3) is 0.760. The van der Waals surface area contributed by atoms with Gasteiger partial charge in [-0.05, 0) is 62.9 Å². The Morgan fingerprint density at radius 2 is 2.00 bits per heavy atom. The van der Waals surface area contributed by atoms with Gasteiger partial charge in [-0.3, -0.25) is 9.59 Å². The van der Waals surface area contributed by atoms with Crippen LogP contribution in [-0.4, -0.2) is 47.1 Å². The summed E-state index contributed by atoms with van der Waals surface area (Å²) < 4.78 is 11.6. The minimum absolute atomic E-state index is 0.0495. The van der Waals surface area contributed by atoms with E-state index in [1.165, 1.54) is 5.57 Å². The summed E-state index contributed by atoms with van der Waals surface area (Å²) in [5, 5.41) is 19.2. The summed E-state index contributed by atoms with van der Waals surface area (Å²) in [5.41, 5.74) is 0.498. The number of carbonyl (C=O) groups is 2. The molecule has 1 aliphatic heterocycles. The molecule has 6 nitrogen and oxygen atoms in total. The van der Waals surface area contributed by atoms with Crippen LogP contribution in [0, 0.1) is 29.1 Å². The van der Waals surface area contributed by atoms with Gasteiger partial charge in [0.05, 0.1) is 17.9 Å². The number of rotatable bonds is 7. The van der Waals surface area contributed by atoms with E-state index in [0.29, 0.717) is 31.1 Å². The molecule has 31 heavy (non-hydrogen) atoms. The molecule has 0 spiro atoms. The van der Waals surface area contributed by atoms with E-state index in [1.54, 1.807) is 0 Å². The number of esters is 2. The third-order valence-corrected chi connectivity index (χ3v) is 7.20. The standard InChI is InChI=1S/C25H38O6/c1-15-11-17-6-5-16(2)20(8-7-19-13-18(27)14-22(28)30-19)23(17)21(12-15)31-24(29)25(3,4)9-10-26/h5-6,11,15-16,18-21,23,26-27H,7-10,12-14H2,1-4H3/t15-,16-,18+,19+,20-,21-,23-/m0/s1. The van der Waals surface area contributed by atoms with Gasteiger partial charge in [-0.25, -0.2) is 0 Å². The molecule has 1 fully saturated rings. The Morgan fingerprint density at radius 3 is 2.68 bits per heavy atom. The van der Waals surface area contributed by atoms with Crippen molar-refractivity contribution in [2.75, 3.05) is 6.61 Å². The lowest BCUT2D eigenvalue weighted by atomic mass is 9.65. The van der Waals surface area contributed by atoms with Crippen LogP contribution in [0.3, 0.4) is 0 Å². The van der Waals surface area contributed by atoms with E-state index >= 15 is 0 Å². The summed E-state index contributed by atoms with van der Waals surface area (Å²) in [6, 6.07) is 0. The molecule has 0 unspecified atom stereocenters. The fourth-order valence-corrected chi connectivity index (χ4v) is 5.32. The summed E-state index contributed by atoms with van der Waals surface area (Å²) in [4.78, 5) is 24.6. The summed E-state index contributed by atoms with van der Waals surface area (Å²) in [7, 11) is 0. The van der Waals surface area contributed by atoms with Gasteiger partial charge in [0.25, 0.3) is 0 Å². The van der Waals surface area contributed by atoms with Crippen molar-refractivity contribution in [3.63, 3.8) is 0 Å². The van der Waals surface area contributed by atoms with Crippen molar-refractivity contribution in [2.24, 2.45) is 29.1 Å². The second kappa shape index (κ2) is 9.86. The van der Waals surface area contributed by atoms with E-state index in [-0.39, 0.29) is 49.0 Å². The number of fused-ring (bicyclic) bond motifs is 1. The number of cyclic esters (lactones) is 1. The zero-order chi connectivity index (χ0) is 22.8. The molecule has 3 rings (SSSR count). The Balaban J connectivity index is 1.75. The smallest absolute Gasteiger partial charge is 0.311 e. The Labute approximate surface area is 185 Å². The summed E-state index contributed by atoms with van der Waals surface area (Å²) in [6.07, 6.45) is 8.84. The second-order valence-corrected chi connectivity index (χ2v) is 10.4. The van der Waals surface area contributed by atoms with Gasteiger partial charge >= 0.3 is 11.9 Å². The molecule has 0 bridgehead atoms. The maximum absolute atomic E-state index is 12.9. The molecule has 0 aromatic rings. The highest BCUT2D eigenvalue weighted by molar-refractivity contribution is 5.76. The molecular weight excluding hydrogens is 396 g/mol. The first-order valence-electron chi connectivity index (χ1n) is 11.7. The lowest BCUT2D eigenvalue weighted by molar-refractivity contribution is -0.166. The van der Waals surface area contributed by atoms with E-state index in [0.717, 1.165) is 12.8 Å². The van der Waals surface area contributed by atoms with Crippen molar-refractivity contribution in [2.45, 2.75) is 84.5 Å². The van der Waals surface area contributed by atoms with E-state index in [1.807, 2.05) is 13.8 Å². The van der Waals surface area contributed by atoms with Gasteiger partial charge in [0.15, 0.2) is 0 Å². The number of carbonyl (C=O) groups excluding carboxylic acids is 2. The van der Waals surface area contributed by atoms with Crippen molar-refractivity contribution < 1.29 is 29.3 Å². The average molecular weight is 435 g/mol. The number of hydrogen-bond donors (Lipinski definition) is 2. The summed E-state index contributed by atoms with van der Waals surface area (Å²) in [5.74, 6) is 0.412. The van der Waals surface area contributed by atoms with Gasteiger partial charge in [0, 0.05) is 18.9 Å². The van der Waals surface area contributed by atoms with Crippen LogP contribution >= 0.6 is 0 Å². The second-order valence-electron chi connectivity index (χ2n) is 10.4. The fourth-order valence-electron chi connectivity index (χ4n) is 5.32. The van der Waals surface area contributed by atoms with E-state index < -0.39 is 11.5 Å². The van der Waals surface area contributed by atoms with Crippen molar-refractivity contribution >= 4 is 11.9 Å². The molecule has 0 radical (unpaired) electrons. The Kier molecular flexibility index (Phi) is 7.63. The zero-order valence-corrected chi connectivity index (χ0v) is 19.3. The quantitative estimate of drug-likeness (QED) is 0.595. The largest absolute Gasteiger partial charge is 0.462 e. The Morgan fingerprint density at radius 1 is 1.26 bits per heavy atom. The number of aliphatic hydroxyl groups excluding tert-OH is 2. The number of aliphatic hydroxyl groups is 2. The van der Waals surface area contributed by atoms with Crippen LogP contribution in [0.1, 0.15) is 66.2 Å². The number of ether oxygens (including phenoxy) is 2. The molecule has 174 valence electrons. The maximum Gasteiger partial charge on any atom is 0.311 e. The van der Waals surface area contributed by atoms with Gasteiger partial charge in [0.2, 0.25) is 0 Å². The van der Waals surface area contributed by atoms with Crippen LogP contribution in [0.2, 0.25) is 0 Å². The first-order chi connectivity index (χ1) is 14.6. The van der Waals surface area contributed by atoms with Gasteiger partial charge in [-0.2, -0.15) is 0 Å². The molecule has 6 heteroatoms. The monoisotopic (exact) mass is 434 g/mol. The predicted molar refractivity (Wildman–Crippen MR) is 117 cm³/mol. The van der Waals surface area contributed by atoms with Crippen LogP contribution in [0.15, 0.2) is 23.8 Å². The highest BCUT2D eigenvalue weighted by Gasteiger charge is 2.43. The van der Waals surface area contributed by atoms with Gasteiger partial charge < -0.3 is 19.7 Å². The molecule has 0 aromatic carbocycles. The van der Waals surface area contributed by atoms with E-state index in [9.17, 15) is 19.8 Å². The summed E-state index contributed by atoms with van der Waals surface area (Å²) in [6.45, 7) is 7.92. The topological polar surface area (TPSA) is 93.1 Å². The average Bonchev–Trinajstić information content (AvgIpc) is 2.66. The molecule has 0 saturated carbocycles.